The van der Waals surface area contributed by atoms with Crippen LogP contribution in [-0.2, 0) is 16.4 Å². The van der Waals surface area contributed by atoms with E-state index >= 15 is 0 Å². The van der Waals surface area contributed by atoms with E-state index in [-0.39, 0.29) is 16.6 Å². The zero-order chi connectivity index (χ0) is 13.9. The second-order valence-corrected chi connectivity index (χ2v) is 5.36. The molecule has 8 heteroatoms. The Balaban J connectivity index is 2.31. The summed E-state index contributed by atoms with van der Waals surface area (Å²) in [5, 5.41) is 0.00950. The van der Waals surface area contributed by atoms with Gasteiger partial charge in [-0.15, -0.1) is 0 Å². The van der Waals surface area contributed by atoms with Crippen LogP contribution < -0.4 is 9.46 Å². The Morgan fingerprint density at radius 3 is 2.84 bits per heavy atom. The maximum Gasteiger partial charge on any atom is 0.279 e. The second kappa shape index (κ2) is 5.27. The Morgan fingerprint density at radius 1 is 1.42 bits per heavy atom. The molecule has 2 aromatic heterocycles. The molecule has 0 radical (unpaired) electrons. The lowest BCUT2D eigenvalue weighted by Crippen LogP contribution is -2.14. The molecule has 2 rings (SSSR count). The minimum Gasteiger partial charge on any atom is -0.480 e. The van der Waals surface area contributed by atoms with E-state index < -0.39 is 10.0 Å². The standard InChI is InChI=1S/C11H14N4O3S/c1-3-9-13-7-10(14-9)19(16,17)15-8-5-4-6-12-11(8)18-2/h4-7,15H,3H2,1-2H3,(H,13,14). The van der Waals surface area contributed by atoms with Gasteiger partial charge in [0.25, 0.3) is 10.0 Å². The minimum absolute atomic E-state index is 0.00950. The molecule has 0 saturated carbocycles. The van der Waals surface area contributed by atoms with E-state index in [1.54, 1.807) is 12.1 Å². The molecular weight excluding hydrogens is 268 g/mol. The minimum atomic E-state index is -3.72. The van der Waals surface area contributed by atoms with Gasteiger partial charge in [0.1, 0.15) is 11.5 Å². The van der Waals surface area contributed by atoms with E-state index in [2.05, 4.69) is 19.7 Å². The quantitative estimate of drug-likeness (QED) is 0.858. The Kier molecular flexibility index (Phi) is 3.70. The topological polar surface area (TPSA) is 97.0 Å². The lowest BCUT2D eigenvalue weighted by molar-refractivity contribution is 0.400. The molecule has 0 saturated heterocycles. The first kappa shape index (κ1) is 13.3. The molecule has 0 aromatic carbocycles. The van der Waals surface area contributed by atoms with Gasteiger partial charge < -0.3 is 9.72 Å². The number of hydrogen-bond donors (Lipinski definition) is 2. The molecule has 19 heavy (non-hydrogen) atoms. The van der Waals surface area contributed by atoms with Gasteiger partial charge in [-0.2, -0.15) is 8.42 Å². The largest absolute Gasteiger partial charge is 0.480 e. The van der Waals surface area contributed by atoms with Gasteiger partial charge in [0.05, 0.1) is 13.3 Å². The van der Waals surface area contributed by atoms with Crippen molar-refractivity contribution in [1.29, 1.82) is 0 Å². The van der Waals surface area contributed by atoms with E-state index in [0.29, 0.717) is 12.2 Å². The van der Waals surface area contributed by atoms with Crippen molar-refractivity contribution in [2.45, 2.75) is 18.4 Å². The number of aromatic amines is 1. The van der Waals surface area contributed by atoms with E-state index in [0.717, 1.165) is 0 Å². The molecule has 0 unspecified atom stereocenters. The average molecular weight is 282 g/mol. The maximum absolute atomic E-state index is 12.1. The third kappa shape index (κ3) is 2.84. The third-order valence-corrected chi connectivity index (χ3v) is 3.71. The van der Waals surface area contributed by atoms with Crippen LogP contribution in [0.25, 0.3) is 0 Å². The molecule has 0 aliphatic rings. The number of ether oxygens (including phenoxy) is 1. The highest BCUT2D eigenvalue weighted by Crippen LogP contribution is 2.23. The summed E-state index contributed by atoms with van der Waals surface area (Å²) in [6, 6.07) is 3.19. The van der Waals surface area contributed by atoms with Gasteiger partial charge in [0, 0.05) is 12.6 Å². The number of rotatable bonds is 5. The van der Waals surface area contributed by atoms with Gasteiger partial charge in [-0.1, -0.05) is 6.92 Å². The molecule has 0 aliphatic carbocycles. The van der Waals surface area contributed by atoms with E-state index in [1.165, 1.54) is 19.5 Å². The molecule has 0 fully saturated rings. The Bertz CT molecular complexity index is 666. The molecule has 0 atom stereocenters. The van der Waals surface area contributed by atoms with Gasteiger partial charge in [-0.25, -0.2) is 9.97 Å². The number of anilines is 1. The molecule has 2 aromatic rings. The van der Waals surface area contributed by atoms with Crippen LogP contribution in [0.5, 0.6) is 5.88 Å². The van der Waals surface area contributed by atoms with Gasteiger partial charge in [-0.3, -0.25) is 4.72 Å². The van der Waals surface area contributed by atoms with Crippen molar-refractivity contribution in [3.63, 3.8) is 0 Å². The lowest BCUT2D eigenvalue weighted by atomic mass is 10.4. The molecule has 0 bridgehead atoms. The van der Waals surface area contributed by atoms with Gasteiger partial charge in [0.15, 0.2) is 5.03 Å². The molecular formula is C11H14N4O3S. The van der Waals surface area contributed by atoms with Crippen molar-refractivity contribution in [1.82, 2.24) is 15.0 Å². The SMILES string of the molecule is CCc1ncc(S(=O)(=O)Nc2cccnc2OC)[nH]1. The van der Waals surface area contributed by atoms with Crippen LogP contribution in [0.15, 0.2) is 29.6 Å². The fourth-order valence-corrected chi connectivity index (χ4v) is 2.49. The Labute approximate surface area is 111 Å². The highest BCUT2D eigenvalue weighted by Gasteiger charge is 2.19. The van der Waals surface area contributed by atoms with E-state index in [9.17, 15) is 8.42 Å². The van der Waals surface area contributed by atoms with Crippen LogP contribution in [0.2, 0.25) is 0 Å². The fraction of sp³-hybridized carbons (Fsp3) is 0.273. The molecule has 0 aliphatic heterocycles. The summed E-state index contributed by atoms with van der Waals surface area (Å²) in [4.78, 5) is 10.6. The number of methoxy groups -OCH3 is 1. The number of hydrogen-bond acceptors (Lipinski definition) is 5. The van der Waals surface area contributed by atoms with Crippen molar-refractivity contribution in [2.75, 3.05) is 11.8 Å². The number of nitrogens with one attached hydrogen (secondary N) is 2. The maximum atomic E-state index is 12.1. The van der Waals surface area contributed by atoms with Gasteiger partial charge in [-0.05, 0) is 12.1 Å². The number of H-pyrrole nitrogens is 1. The van der Waals surface area contributed by atoms with Crippen molar-refractivity contribution in [3.05, 3.63) is 30.4 Å². The van der Waals surface area contributed by atoms with E-state index in [4.69, 9.17) is 4.74 Å². The van der Waals surface area contributed by atoms with Crippen LogP contribution in [0, 0.1) is 0 Å². The molecule has 102 valence electrons. The predicted molar refractivity (Wildman–Crippen MR) is 69.6 cm³/mol. The lowest BCUT2D eigenvalue weighted by Gasteiger charge is -2.09. The molecule has 7 nitrogen and oxygen atoms in total. The fourth-order valence-electron chi connectivity index (χ4n) is 1.49. The number of aromatic nitrogens is 3. The first-order valence-electron chi connectivity index (χ1n) is 5.62. The van der Waals surface area contributed by atoms with Crippen molar-refractivity contribution in [2.24, 2.45) is 0 Å². The van der Waals surface area contributed by atoms with Crippen molar-refractivity contribution < 1.29 is 13.2 Å². The number of sulfonamides is 1. The van der Waals surface area contributed by atoms with E-state index in [1.807, 2.05) is 6.92 Å². The van der Waals surface area contributed by atoms with Crippen molar-refractivity contribution >= 4 is 15.7 Å². The first-order chi connectivity index (χ1) is 9.06. The van der Waals surface area contributed by atoms with Gasteiger partial charge >= 0.3 is 0 Å². The van der Waals surface area contributed by atoms with Crippen LogP contribution in [0.1, 0.15) is 12.7 Å². The Morgan fingerprint density at radius 2 is 2.21 bits per heavy atom. The molecule has 0 amide bonds. The normalized spacial score (nSPS) is 11.3. The summed E-state index contributed by atoms with van der Waals surface area (Å²) in [5.74, 6) is 0.819. The third-order valence-electron chi connectivity index (χ3n) is 2.44. The van der Waals surface area contributed by atoms with Gasteiger partial charge in [0.2, 0.25) is 5.88 Å². The highest BCUT2D eigenvalue weighted by atomic mass is 32.2. The Hall–Kier alpha value is -2.09. The summed E-state index contributed by atoms with van der Waals surface area (Å²) in [5.41, 5.74) is 0.276. The zero-order valence-electron chi connectivity index (χ0n) is 10.5. The first-order valence-corrected chi connectivity index (χ1v) is 7.11. The van der Waals surface area contributed by atoms with Crippen LogP contribution >= 0.6 is 0 Å². The van der Waals surface area contributed by atoms with Crippen LogP contribution in [0.3, 0.4) is 0 Å². The zero-order valence-corrected chi connectivity index (χ0v) is 11.4. The highest BCUT2D eigenvalue weighted by molar-refractivity contribution is 7.92. The number of nitrogens with zero attached hydrogens (tertiary/aromatic N) is 2. The average Bonchev–Trinajstić information content (AvgIpc) is 2.88. The smallest absolute Gasteiger partial charge is 0.279 e. The summed E-state index contributed by atoms with van der Waals surface area (Å²) in [6.07, 6.45) is 3.43. The number of pyridine rings is 1. The summed E-state index contributed by atoms with van der Waals surface area (Å²) >= 11 is 0. The molecule has 2 N–H and O–H groups in total. The molecule has 2 heterocycles. The summed E-state index contributed by atoms with van der Waals surface area (Å²) < 4.78 is 31.7. The summed E-state index contributed by atoms with van der Waals surface area (Å²) in [7, 11) is -2.30. The number of aryl methyl sites for hydroxylation is 1. The second-order valence-electron chi connectivity index (χ2n) is 3.71. The number of imidazole rings is 1. The monoisotopic (exact) mass is 282 g/mol. The van der Waals surface area contributed by atoms with Crippen LogP contribution in [0.4, 0.5) is 5.69 Å². The summed E-state index contributed by atoms with van der Waals surface area (Å²) in [6.45, 7) is 1.88. The van der Waals surface area contributed by atoms with Crippen molar-refractivity contribution in [3.8, 4) is 5.88 Å². The molecule has 0 spiro atoms. The predicted octanol–water partition coefficient (Wildman–Crippen LogP) is 1.18. The van der Waals surface area contributed by atoms with Crippen LogP contribution in [-0.4, -0.2) is 30.5 Å².